The maximum Gasteiger partial charge on any atom is 0.235 e. The van der Waals surface area contributed by atoms with E-state index in [2.05, 4.69) is 18.6 Å². The number of nitrogens with zero attached hydrogens (tertiary/aromatic N) is 1. The molecule has 0 aliphatic carbocycles. The summed E-state index contributed by atoms with van der Waals surface area (Å²) in [5.74, 6) is -0.151. The Balaban J connectivity index is 0.00000106. The Bertz CT molecular complexity index is 301. The van der Waals surface area contributed by atoms with E-state index in [4.69, 9.17) is 5.11 Å². The maximum atomic E-state index is 10.9. The summed E-state index contributed by atoms with van der Waals surface area (Å²) >= 11 is 0. The largest absolute Gasteiger partial charge is 0.394 e. The molecule has 0 aliphatic heterocycles. The van der Waals surface area contributed by atoms with Gasteiger partial charge in [-0.25, -0.2) is 0 Å². The van der Waals surface area contributed by atoms with Crippen LogP contribution in [0.2, 0.25) is 0 Å². The van der Waals surface area contributed by atoms with E-state index in [0.717, 1.165) is 5.69 Å². The predicted octanol–water partition coefficient (Wildman–Crippen LogP) is 1.34. The molecule has 0 bridgehead atoms. The van der Waals surface area contributed by atoms with Crippen LogP contribution in [0.3, 0.4) is 0 Å². The third-order valence-corrected chi connectivity index (χ3v) is 1.68. The molecule has 0 atom stereocenters. The first kappa shape index (κ1) is 14.2. The number of benzene rings is 1. The van der Waals surface area contributed by atoms with Crippen LogP contribution in [0.1, 0.15) is 6.92 Å². The molecule has 4 heteroatoms. The third kappa shape index (κ3) is 5.17. The minimum Gasteiger partial charge on any atom is -0.394 e. The topological polar surface area (TPSA) is 52.6 Å². The van der Waals surface area contributed by atoms with Crippen LogP contribution in [-0.2, 0) is 4.79 Å². The number of aliphatic hydroxyl groups excluding tert-OH is 1. The van der Waals surface area contributed by atoms with Crippen LogP contribution < -0.4 is 10.4 Å². The van der Waals surface area contributed by atoms with Crippen molar-refractivity contribution in [1.29, 1.82) is 0 Å². The van der Waals surface area contributed by atoms with Crippen molar-refractivity contribution in [2.45, 2.75) is 6.92 Å². The summed E-state index contributed by atoms with van der Waals surface area (Å²) in [6, 6.07) is 9.38. The van der Waals surface area contributed by atoms with Gasteiger partial charge in [-0.05, 0) is 12.1 Å². The van der Waals surface area contributed by atoms with Crippen molar-refractivity contribution < 1.29 is 9.90 Å². The fraction of sp³-hybridized carbons (Fsp3) is 0.250. The van der Waals surface area contributed by atoms with Gasteiger partial charge < -0.3 is 5.11 Å². The van der Waals surface area contributed by atoms with Crippen LogP contribution in [0.15, 0.2) is 43.5 Å². The zero-order chi connectivity index (χ0) is 12.4. The molecule has 0 aliphatic rings. The SMILES string of the molecule is C=C.CC(=O)NN(CCO)c1ccccc1. The summed E-state index contributed by atoms with van der Waals surface area (Å²) in [5.41, 5.74) is 3.49. The molecule has 88 valence electrons. The van der Waals surface area contributed by atoms with Crippen molar-refractivity contribution >= 4 is 11.6 Å². The standard InChI is InChI=1S/C10H14N2O2.C2H4/c1-9(14)11-12(7-8-13)10-5-3-2-4-6-10;1-2/h2-6,13H,7-8H2,1H3,(H,11,14);1-2H2. The Hall–Kier alpha value is -1.81. The molecule has 1 aromatic rings. The van der Waals surface area contributed by atoms with E-state index in [9.17, 15) is 4.79 Å². The molecule has 0 aromatic heterocycles. The van der Waals surface area contributed by atoms with Gasteiger partial charge in [0, 0.05) is 6.92 Å². The lowest BCUT2D eigenvalue weighted by atomic mass is 10.3. The highest BCUT2D eigenvalue weighted by Gasteiger charge is 2.05. The highest BCUT2D eigenvalue weighted by atomic mass is 16.3. The van der Waals surface area contributed by atoms with Crippen LogP contribution in [0, 0.1) is 0 Å². The fourth-order valence-corrected chi connectivity index (χ4v) is 1.15. The lowest BCUT2D eigenvalue weighted by Crippen LogP contribution is -2.42. The highest BCUT2D eigenvalue weighted by Crippen LogP contribution is 2.09. The van der Waals surface area contributed by atoms with Crippen molar-refractivity contribution in [2.24, 2.45) is 0 Å². The molecule has 16 heavy (non-hydrogen) atoms. The summed E-state index contributed by atoms with van der Waals surface area (Å²) < 4.78 is 0. The zero-order valence-corrected chi connectivity index (χ0v) is 9.52. The van der Waals surface area contributed by atoms with Gasteiger partial charge in [0.15, 0.2) is 0 Å². The number of para-hydroxylation sites is 1. The van der Waals surface area contributed by atoms with Gasteiger partial charge in [-0.1, -0.05) is 18.2 Å². The first-order chi connectivity index (χ1) is 7.74. The molecule has 0 spiro atoms. The number of carbonyl (C=O) groups is 1. The molecule has 0 radical (unpaired) electrons. The summed E-state index contributed by atoms with van der Waals surface area (Å²) in [4.78, 5) is 10.9. The summed E-state index contributed by atoms with van der Waals surface area (Å²) in [6.45, 7) is 7.81. The lowest BCUT2D eigenvalue weighted by molar-refractivity contribution is -0.119. The minimum absolute atomic E-state index is 0.00479. The van der Waals surface area contributed by atoms with E-state index in [1.54, 1.807) is 5.01 Å². The van der Waals surface area contributed by atoms with E-state index in [1.807, 2.05) is 30.3 Å². The molecule has 1 amide bonds. The van der Waals surface area contributed by atoms with Crippen LogP contribution in [0.25, 0.3) is 0 Å². The number of nitrogens with one attached hydrogen (secondary N) is 1. The predicted molar refractivity (Wildman–Crippen MR) is 65.9 cm³/mol. The maximum absolute atomic E-state index is 10.9. The third-order valence-electron chi connectivity index (χ3n) is 1.68. The van der Waals surface area contributed by atoms with Crippen molar-refractivity contribution in [1.82, 2.24) is 5.43 Å². The number of rotatable bonds is 4. The molecule has 0 unspecified atom stereocenters. The molecule has 0 heterocycles. The number of hydrogen-bond donors (Lipinski definition) is 2. The number of carbonyl (C=O) groups excluding carboxylic acids is 1. The molecule has 1 aromatic carbocycles. The van der Waals surface area contributed by atoms with Gasteiger partial charge in [0.2, 0.25) is 5.91 Å². The lowest BCUT2D eigenvalue weighted by Gasteiger charge is -2.23. The smallest absolute Gasteiger partial charge is 0.235 e. The molecular weight excluding hydrogens is 204 g/mol. The van der Waals surface area contributed by atoms with Gasteiger partial charge in [0.05, 0.1) is 18.8 Å². The Morgan fingerprint density at radius 2 is 1.94 bits per heavy atom. The van der Waals surface area contributed by atoms with Crippen molar-refractivity contribution in [2.75, 3.05) is 18.2 Å². The van der Waals surface area contributed by atoms with Crippen LogP contribution in [0.4, 0.5) is 5.69 Å². The van der Waals surface area contributed by atoms with E-state index in [-0.39, 0.29) is 12.5 Å². The average Bonchev–Trinajstić information content (AvgIpc) is 2.32. The van der Waals surface area contributed by atoms with E-state index in [0.29, 0.717) is 6.54 Å². The minimum atomic E-state index is -0.151. The number of hydrogen-bond acceptors (Lipinski definition) is 3. The molecule has 1 rings (SSSR count). The number of aliphatic hydroxyl groups is 1. The second kappa shape index (κ2) is 8.49. The average molecular weight is 222 g/mol. The second-order valence-corrected chi connectivity index (χ2v) is 2.88. The fourth-order valence-electron chi connectivity index (χ4n) is 1.15. The van der Waals surface area contributed by atoms with Gasteiger partial charge in [-0.15, -0.1) is 13.2 Å². The summed E-state index contributed by atoms with van der Waals surface area (Å²) in [5, 5.41) is 10.4. The first-order valence-corrected chi connectivity index (χ1v) is 4.94. The monoisotopic (exact) mass is 222 g/mol. The Labute approximate surface area is 96.2 Å². The quantitative estimate of drug-likeness (QED) is 0.597. The Morgan fingerprint density at radius 1 is 1.38 bits per heavy atom. The van der Waals surface area contributed by atoms with Crippen LogP contribution in [0.5, 0.6) is 0 Å². The zero-order valence-electron chi connectivity index (χ0n) is 9.52. The van der Waals surface area contributed by atoms with Crippen LogP contribution >= 0.6 is 0 Å². The van der Waals surface area contributed by atoms with Gasteiger partial charge in [0.25, 0.3) is 0 Å². The van der Waals surface area contributed by atoms with Gasteiger partial charge in [-0.3, -0.25) is 15.2 Å². The molecule has 0 saturated heterocycles. The Morgan fingerprint density at radius 3 is 2.38 bits per heavy atom. The van der Waals surface area contributed by atoms with Crippen molar-refractivity contribution in [3.63, 3.8) is 0 Å². The van der Waals surface area contributed by atoms with Gasteiger partial charge in [-0.2, -0.15) is 0 Å². The summed E-state index contributed by atoms with van der Waals surface area (Å²) in [7, 11) is 0. The van der Waals surface area contributed by atoms with Gasteiger partial charge >= 0.3 is 0 Å². The van der Waals surface area contributed by atoms with Crippen molar-refractivity contribution in [3.8, 4) is 0 Å². The molecule has 0 saturated carbocycles. The second-order valence-electron chi connectivity index (χ2n) is 2.88. The molecule has 2 N–H and O–H groups in total. The van der Waals surface area contributed by atoms with Crippen LogP contribution in [-0.4, -0.2) is 24.2 Å². The molecule has 4 nitrogen and oxygen atoms in total. The number of hydrazine groups is 1. The van der Waals surface area contributed by atoms with E-state index >= 15 is 0 Å². The number of anilines is 1. The number of amides is 1. The molecular formula is C12H18N2O2. The van der Waals surface area contributed by atoms with Crippen molar-refractivity contribution in [3.05, 3.63) is 43.5 Å². The normalized spacial score (nSPS) is 8.62. The highest BCUT2D eigenvalue weighted by molar-refractivity contribution is 5.75. The molecule has 0 fully saturated rings. The van der Waals surface area contributed by atoms with E-state index < -0.39 is 0 Å². The summed E-state index contributed by atoms with van der Waals surface area (Å²) in [6.07, 6.45) is 0. The van der Waals surface area contributed by atoms with Gasteiger partial charge in [0.1, 0.15) is 0 Å². The Kier molecular flexibility index (Phi) is 7.53. The van der Waals surface area contributed by atoms with E-state index in [1.165, 1.54) is 6.92 Å². The first-order valence-electron chi connectivity index (χ1n) is 4.94.